The first-order chi connectivity index (χ1) is 12.8. The number of rotatable bonds is 6. The molecule has 0 aromatic heterocycles. The highest BCUT2D eigenvalue weighted by molar-refractivity contribution is 5.91. The molecule has 0 atom stereocenters. The Morgan fingerprint density at radius 1 is 1.00 bits per heavy atom. The van der Waals surface area contributed by atoms with Gasteiger partial charge in [-0.25, -0.2) is 4.79 Å². The molecule has 0 aliphatic heterocycles. The molecule has 1 aliphatic carbocycles. The fraction of sp³-hybridized carbons (Fsp3) is 0.300. The van der Waals surface area contributed by atoms with E-state index in [1.165, 1.54) is 29.2 Å². The molecule has 1 amide bonds. The van der Waals surface area contributed by atoms with E-state index < -0.39 is 17.7 Å². The number of alkyl halides is 3. The Morgan fingerprint density at radius 3 is 2.19 bits per heavy atom. The van der Waals surface area contributed by atoms with Gasteiger partial charge in [0.25, 0.3) is 0 Å². The molecule has 3 rings (SSSR count). The Kier molecular flexibility index (Phi) is 5.21. The average molecular weight is 377 g/mol. The lowest BCUT2D eigenvalue weighted by Gasteiger charge is -2.25. The van der Waals surface area contributed by atoms with Crippen LogP contribution in [0.5, 0.6) is 0 Å². The topological polar surface area (TPSA) is 57.6 Å². The third-order valence-corrected chi connectivity index (χ3v) is 4.56. The molecule has 0 heterocycles. The maximum absolute atomic E-state index is 13.2. The molecule has 0 radical (unpaired) electrons. The van der Waals surface area contributed by atoms with Crippen molar-refractivity contribution in [2.45, 2.75) is 38.0 Å². The molecule has 0 saturated heterocycles. The maximum Gasteiger partial charge on any atom is 0.416 e. The smallest absolute Gasteiger partial charge is 0.416 e. The Labute approximate surface area is 154 Å². The van der Waals surface area contributed by atoms with Crippen molar-refractivity contribution >= 4 is 11.9 Å². The van der Waals surface area contributed by atoms with Crippen LogP contribution in [-0.2, 0) is 23.9 Å². The van der Waals surface area contributed by atoms with Crippen LogP contribution in [0.15, 0.2) is 48.5 Å². The number of nitrogens with zero attached hydrogens (tertiary/aromatic N) is 1. The van der Waals surface area contributed by atoms with Gasteiger partial charge in [-0.15, -0.1) is 0 Å². The molecular formula is C20H18F3NO3. The molecule has 0 unspecified atom stereocenters. The number of carbonyl (C=O) groups is 2. The van der Waals surface area contributed by atoms with E-state index >= 15 is 0 Å². The maximum atomic E-state index is 13.2. The van der Waals surface area contributed by atoms with Gasteiger partial charge < -0.3 is 10.0 Å². The zero-order chi connectivity index (χ0) is 19.6. The van der Waals surface area contributed by atoms with Gasteiger partial charge >= 0.3 is 12.1 Å². The lowest BCUT2D eigenvalue weighted by atomic mass is 10.0. The van der Waals surface area contributed by atoms with Crippen molar-refractivity contribution in [2.75, 3.05) is 0 Å². The fourth-order valence-corrected chi connectivity index (χ4v) is 3.07. The van der Waals surface area contributed by atoms with Gasteiger partial charge in [-0.3, -0.25) is 4.79 Å². The van der Waals surface area contributed by atoms with Crippen molar-refractivity contribution in [2.24, 2.45) is 0 Å². The van der Waals surface area contributed by atoms with Crippen LogP contribution >= 0.6 is 0 Å². The second-order valence-corrected chi connectivity index (χ2v) is 6.55. The number of aromatic carboxylic acids is 1. The average Bonchev–Trinajstić information content (AvgIpc) is 3.44. The number of hydrogen-bond donors (Lipinski definition) is 1. The quantitative estimate of drug-likeness (QED) is 0.823. The van der Waals surface area contributed by atoms with Crippen LogP contribution < -0.4 is 0 Å². The third-order valence-electron chi connectivity index (χ3n) is 4.56. The molecule has 2 aromatic rings. The van der Waals surface area contributed by atoms with Gasteiger partial charge in [-0.05, 0) is 36.1 Å². The minimum Gasteiger partial charge on any atom is -0.478 e. The second kappa shape index (κ2) is 7.42. The zero-order valence-electron chi connectivity index (χ0n) is 14.4. The van der Waals surface area contributed by atoms with Gasteiger partial charge in [0.2, 0.25) is 5.91 Å². The van der Waals surface area contributed by atoms with Gasteiger partial charge in [0.05, 0.1) is 17.5 Å². The Hall–Kier alpha value is -2.83. The molecule has 1 fully saturated rings. The van der Waals surface area contributed by atoms with E-state index in [0.29, 0.717) is 5.56 Å². The molecule has 4 nitrogen and oxygen atoms in total. The predicted molar refractivity (Wildman–Crippen MR) is 92.1 cm³/mol. The van der Waals surface area contributed by atoms with Gasteiger partial charge in [-0.2, -0.15) is 13.2 Å². The van der Waals surface area contributed by atoms with Crippen molar-refractivity contribution in [1.82, 2.24) is 4.90 Å². The molecule has 142 valence electrons. The van der Waals surface area contributed by atoms with Crippen molar-refractivity contribution < 1.29 is 27.9 Å². The Balaban J connectivity index is 1.84. The normalized spacial score (nSPS) is 14.0. The van der Waals surface area contributed by atoms with Crippen molar-refractivity contribution in [3.63, 3.8) is 0 Å². The number of carbonyl (C=O) groups excluding carboxylic acids is 1. The minimum absolute atomic E-state index is 0.0253. The van der Waals surface area contributed by atoms with E-state index in [4.69, 9.17) is 0 Å². The molecule has 27 heavy (non-hydrogen) atoms. The summed E-state index contributed by atoms with van der Waals surface area (Å²) in [6, 6.07) is 11.3. The van der Waals surface area contributed by atoms with E-state index in [9.17, 15) is 27.9 Å². The lowest BCUT2D eigenvalue weighted by molar-refractivity contribution is -0.140. The number of halogens is 3. The zero-order valence-corrected chi connectivity index (χ0v) is 14.4. The highest BCUT2D eigenvalue weighted by atomic mass is 19.4. The first-order valence-corrected chi connectivity index (χ1v) is 8.53. The van der Waals surface area contributed by atoms with Gasteiger partial charge in [-0.1, -0.05) is 36.4 Å². The second-order valence-electron chi connectivity index (χ2n) is 6.55. The van der Waals surface area contributed by atoms with Crippen LogP contribution in [-0.4, -0.2) is 27.9 Å². The summed E-state index contributed by atoms with van der Waals surface area (Å²) in [5.74, 6) is -1.51. The van der Waals surface area contributed by atoms with Crippen LogP contribution in [0.1, 0.15) is 39.9 Å². The molecule has 2 aromatic carbocycles. The van der Waals surface area contributed by atoms with Crippen LogP contribution in [0.3, 0.4) is 0 Å². The minimum atomic E-state index is -4.50. The van der Waals surface area contributed by atoms with Gasteiger partial charge in [0, 0.05) is 12.6 Å². The SMILES string of the molecule is O=C(O)c1ccccc1CC(=O)N(Cc1ccccc1C(F)(F)F)C1CC1. The number of carboxylic acid groups (broad SMARTS) is 1. The summed E-state index contributed by atoms with van der Waals surface area (Å²) < 4.78 is 39.7. The Bertz CT molecular complexity index is 860. The molecule has 1 N–H and O–H groups in total. The number of carboxylic acids is 1. The van der Waals surface area contributed by atoms with Crippen LogP contribution in [0.2, 0.25) is 0 Å². The van der Waals surface area contributed by atoms with Crippen molar-refractivity contribution in [3.8, 4) is 0 Å². The van der Waals surface area contributed by atoms with Crippen LogP contribution in [0.4, 0.5) is 13.2 Å². The highest BCUT2D eigenvalue weighted by Gasteiger charge is 2.37. The summed E-state index contributed by atoms with van der Waals surface area (Å²) in [6.07, 6.45) is -3.18. The van der Waals surface area contributed by atoms with Crippen molar-refractivity contribution in [1.29, 1.82) is 0 Å². The van der Waals surface area contributed by atoms with Crippen molar-refractivity contribution in [3.05, 3.63) is 70.8 Å². The summed E-state index contributed by atoms with van der Waals surface area (Å²) in [5, 5.41) is 9.25. The molecule has 0 bridgehead atoms. The highest BCUT2D eigenvalue weighted by Crippen LogP contribution is 2.35. The summed E-state index contributed by atoms with van der Waals surface area (Å²) >= 11 is 0. The van der Waals surface area contributed by atoms with E-state index in [1.807, 2.05) is 0 Å². The number of hydrogen-bond acceptors (Lipinski definition) is 2. The summed E-state index contributed by atoms with van der Waals surface area (Å²) in [5.41, 5.74) is -0.340. The summed E-state index contributed by atoms with van der Waals surface area (Å²) in [4.78, 5) is 25.5. The standard InChI is InChI=1S/C20H18F3NO3/c21-20(22,23)17-8-4-2-6-14(17)12-24(15-9-10-15)18(25)11-13-5-1-3-7-16(13)19(26)27/h1-8,15H,9-12H2,(H,26,27). The molecule has 0 spiro atoms. The van der Waals surface area contributed by atoms with Gasteiger partial charge in [0.15, 0.2) is 0 Å². The largest absolute Gasteiger partial charge is 0.478 e. The predicted octanol–water partition coefficient (Wildman–Crippen LogP) is 4.14. The van der Waals surface area contributed by atoms with E-state index in [-0.39, 0.29) is 36.0 Å². The Morgan fingerprint density at radius 2 is 1.59 bits per heavy atom. The van der Waals surface area contributed by atoms with E-state index in [1.54, 1.807) is 18.2 Å². The first kappa shape index (κ1) is 18.9. The molecular weight excluding hydrogens is 359 g/mol. The molecule has 7 heteroatoms. The first-order valence-electron chi connectivity index (χ1n) is 8.53. The van der Waals surface area contributed by atoms with E-state index in [2.05, 4.69) is 0 Å². The monoisotopic (exact) mass is 377 g/mol. The van der Waals surface area contributed by atoms with Crippen LogP contribution in [0, 0.1) is 0 Å². The third kappa shape index (κ3) is 4.48. The number of benzene rings is 2. The van der Waals surface area contributed by atoms with Crippen LogP contribution in [0.25, 0.3) is 0 Å². The molecule has 1 aliphatic rings. The fourth-order valence-electron chi connectivity index (χ4n) is 3.07. The summed E-state index contributed by atoms with van der Waals surface area (Å²) in [7, 11) is 0. The van der Waals surface area contributed by atoms with E-state index in [0.717, 1.165) is 18.9 Å². The number of amides is 1. The van der Waals surface area contributed by atoms with Gasteiger partial charge in [0.1, 0.15) is 0 Å². The summed E-state index contributed by atoms with van der Waals surface area (Å²) in [6.45, 7) is -0.144. The lowest BCUT2D eigenvalue weighted by Crippen LogP contribution is -2.34. The molecule has 1 saturated carbocycles.